The molecule has 0 amide bonds. The van der Waals surface area contributed by atoms with Crippen LogP contribution in [0.4, 0.5) is 0 Å². The van der Waals surface area contributed by atoms with Crippen LogP contribution in [0.3, 0.4) is 0 Å². The number of nitrogens with zero attached hydrogens (tertiary/aromatic N) is 1. The van der Waals surface area contributed by atoms with Gasteiger partial charge in [0.25, 0.3) is 0 Å². The first-order chi connectivity index (χ1) is 5.18. The van der Waals surface area contributed by atoms with Gasteiger partial charge in [-0.2, -0.15) is 0 Å². The van der Waals surface area contributed by atoms with Gasteiger partial charge in [-0.3, -0.25) is 4.79 Å². The maximum Gasteiger partial charge on any atom is 0.317 e. The van der Waals surface area contributed by atoms with E-state index in [4.69, 9.17) is 5.11 Å². The summed E-state index contributed by atoms with van der Waals surface area (Å²) in [4.78, 5) is 12.4. The summed E-state index contributed by atoms with van der Waals surface area (Å²) >= 11 is 0. The zero-order valence-corrected chi connectivity index (χ0v) is 6.71. The Bertz CT molecular complexity index is 149. The van der Waals surface area contributed by atoms with Crippen molar-refractivity contribution in [1.82, 2.24) is 10.2 Å². The van der Waals surface area contributed by atoms with E-state index < -0.39 is 5.97 Å². The number of likely N-dealkylation sites (tertiary alicyclic amines) is 1. The highest BCUT2D eigenvalue weighted by atomic mass is 16.4. The molecule has 1 aliphatic heterocycles. The van der Waals surface area contributed by atoms with E-state index in [-0.39, 0.29) is 6.54 Å². The molecule has 0 spiro atoms. The van der Waals surface area contributed by atoms with E-state index in [0.29, 0.717) is 6.04 Å². The monoisotopic (exact) mass is 158 g/mol. The first-order valence-electron chi connectivity index (χ1n) is 3.82. The van der Waals surface area contributed by atoms with E-state index in [0.717, 1.165) is 19.5 Å². The lowest BCUT2D eigenvalue weighted by Gasteiger charge is -2.10. The van der Waals surface area contributed by atoms with Gasteiger partial charge in [0.15, 0.2) is 0 Å². The molecule has 1 saturated heterocycles. The Balaban J connectivity index is 2.13. The van der Waals surface area contributed by atoms with Gasteiger partial charge in [-0.15, -0.1) is 0 Å². The van der Waals surface area contributed by atoms with Gasteiger partial charge in [-0.05, 0) is 20.0 Å². The minimum atomic E-state index is -0.778. The molecule has 1 rings (SSSR count). The van der Waals surface area contributed by atoms with Crippen LogP contribution in [0.1, 0.15) is 6.42 Å². The SMILES string of the molecule is CN1CC[C@@H](NCC(=O)O)C1. The fourth-order valence-electron chi connectivity index (χ4n) is 1.33. The van der Waals surface area contributed by atoms with Gasteiger partial charge in [0, 0.05) is 12.6 Å². The molecular weight excluding hydrogens is 144 g/mol. The van der Waals surface area contributed by atoms with E-state index >= 15 is 0 Å². The number of hydrogen-bond acceptors (Lipinski definition) is 3. The van der Waals surface area contributed by atoms with Crippen molar-refractivity contribution in [2.45, 2.75) is 12.5 Å². The molecule has 1 fully saturated rings. The Hall–Kier alpha value is -0.610. The molecule has 0 aromatic heterocycles. The van der Waals surface area contributed by atoms with Gasteiger partial charge >= 0.3 is 5.97 Å². The average Bonchev–Trinajstić information content (AvgIpc) is 2.31. The molecule has 0 saturated carbocycles. The highest BCUT2D eigenvalue weighted by Gasteiger charge is 2.18. The molecule has 0 radical (unpaired) electrons. The lowest BCUT2D eigenvalue weighted by atomic mass is 10.3. The fourth-order valence-corrected chi connectivity index (χ4v) is 1.33. The maximum atomic E-state index is 10.2. The molecule has 4 nitrogen and oxygen atoms in total. The van der Waals surface area contributed by atoms with Crippen LogP contribution >= 0.6 is 0 Å². The smallest absolute Gasteiger partial charge is 0.317 e. The highest BCUT2D eigenvalue weighted by Crippen LogP contribution is 2.04. The van der Waals surface area contributed by atoms with Crippen LogP contribution in [0.5, 0.6) is 0 Å². The van der Waals surface area contributed by atoms with Crippen LogP contribution in [0.25, 0.3) is 0 Å². The van der Waals surface area contributed by atoms with Crippen molar-refractivity contribution in [2.24, 2.45) is 0 Å². The first kappa shape index (κ1) is 8.49. The van der Waals surface area contributed by atoms with Crippen molar-refractivity contribution in [1.29, 1.82) is 0 Å². The summed E-state index contributed by atoms with van der Waals surface area (Å²) in [6.07, 6.45) is 1.06. The second-order valence-electron chi connectivity index (χ2n) is 3.02. The van der Waals surface area contributed by atoms with Crippen molar-refractivity contribution in [2.75, 3.05) is 26.7 Å². The average molecular weight is 158 g/mol. The molecule has 0 bridgehead atoms. The zero-order chi connectivity index (χ0) is 8.27. The Labute approximate surface area is 66.2 Å². The number of carboxylic acid groups (broad SMARTS) is 1. The highest BCUT2D eigenvalue weighted by molar-refractivity contribution is 5.69. The fraction of sp³-hybridized carbons (Fsp3) is 0.857. The van der Waals surface area contributed by atoms with Crippen LogP contribution in [0.15, 0.2) is 0 Å². The summed E-state index contributed by atoms with van der Waals surface area (Å²) in [5.74, 6) is -0.778. The standard InChI is InChI=1S/C7H14N2O2/c1-9-3-2-6(5-9)8-4-7(10)11/h6,8H,2-5H2,1H3,(H,10,11)/t6-/m1/s1. The van der Waals surface area contributed by atoms with Crippen LogP contribution in [0.2, 0.25) is 0 Å². The van der Waals surface area contributed by atoms with E-state index in [1.54, 1.807) is 0 Å². The Morgan fingerprint density at radius 1 is 1.82 bits per heavy atom. The second-order valence-corrected chi connectivity index (χ2v) is 3.02. The zero-order valence-electron chi connectivity index (χ0n) is 6.71. The van der Waals surface area contributed by atoms with Crippen molar-refractivity contribution in [3.8, 4) is 0 Å². The topological polar surface area (TPSA) is 52.6 Å². The largest absolute Gasteiger partial charge is 0.480 e. The summed E-state index contributed by atoms with van der Waals surface area (Å²) in [6.45, 7) is 2.11. The predicted octanol–water partition coefficient (Wildman–Crippen LogP) is -0.635. The Kier molecular flexibility index (Phi) is 2.84. The Morgan fingerprint density at radius 3 is 3.00 bits per heavy atom. The van der Waals surface area contributed by atoms with Crippen LogP contribution in [-0.4, -0.2) is 48.7 Å². The number of rotatable bonds is 3. The van der Waals surface area contributed by atoms with Crippen molar-refractivity contribution in [3.05, 3.63) is 0 Å². The summed E-state index contributed by atoms with van der Waals surface area (Å²) in [5.41, 5.74) is 0. The quantitative estimate of drug-likeness (QED) is 0.574. The molecule has 0 aliphatic carbocycles. The summed E-state index contributed by atoms with van der Waals surface area (Å²) in [5, 5.41) is 11.3. The number of carbonyl (C=O) groups is 1. The van der Waals surface area contributed by atoms with Crippen molar-refractivity contribution >= 4 is 5.97 Å². The maximum absolute atomic E-state index is 10.2. The first-order valence-corrected chi connectivity index (χ1v) is 3.82. The normalized spacial score (nSPS) is 25.7. The molecule has 2 N–H and O–H groups in total. The van der Waals surface area contributed by atoms with Gasteiger partial charge in [0.05, 0.1) is 6.54 Å². The van der Waals surface area contributed by atoms with Gasteiger partial charge in [-0.1, -0.05) is 0 Å². The predicted molar refractivity (Wildman–Crippen MR) is 41.5 cm³/mol. The number of aliphatic carboxylic acids is 1. The van der Waals surface area contributed by atoms with Crippen LogP contribution < -0.4 is 5.32 Å². The van der Waals surface area contributed by atoms with Crippen LogP contribution in [0, 0.1) is 0 Å². The van der Waals surface area contributed by atoms with Crippen molar-refractivity contribution < 1.29 is 9.90 Å². The minimum Gasteiger partial charge on any atom is -0.480 e. The summed E-state index contributed by atoms with van der Waals surface area (Å²) in [6, 6.07) is 0.371. The van der Waals surface area contributed by atoms with Gasteiger partial charge in [0.2, 0.25) is 0 Å². The minimum absolute atomic E-state index is 0.0819. The lowest BCUT2D eigenvalue weighted by Crippen LogP contribution is -2.35. The van der Waals surface area contributed by atoms with Gasteiger partial charge < -0.3 is 15.3 Å². The third kappa shape index (κ3) is 2.86. The third-order valence-electron chi connectivity index (χ3n) is 1.93. The molecule has 1 atom stereocenters. The molecule has 64 valence electrons. The molecule has 4 heteroatoms. The number of carboxylic acids is 1. The molecule has 1 heterocycles. The number of hydrogen-bond donors (Lipinski definition) is 2. The number of nitrogens with one attached hydrogen (secondary N) is 1. The van der Waals surface area contributed by atoms with E-state index in [1.807, 2.05) is 7.05 Å². The van der Waals surface area contributed by atoms with Gasteiger partial charge in [0.1, 0.15) is 0 Å². The lowest BCUT2D eigenvalue weighted by molar-refractivity contribution is -0.136. The second kappa shape index (κ2) is 3.69. The molecule has 0 aromatic carbocycles. The molecule has 0 unspecified atom stereocenters. The number of likely N-dealkylation sites (N-methyl/N-ethyl adjacent to an activating group) is 1. The third-order valence-corrected chi connectivity index (χ3v) is 1.93. The van der Waals surface area contributed by atoms with Crippen molar-refractivity contribution in [3.63, 3.8) is 0 Å². The molecule has 0 aromatic rings. The van der Waals surface area contributed by atoms with E-state index in [1.165, 1.54) is 0 Å². The van der Waals surface area contributed by atoms with Crippen LogP contribution in [-0.2, 0) is 4.79 Å². The van der Waals surface area contributed by atoms with E-state index in [2.05, 4.69) is 10.2 Å². The summed E-state index contributed by atoms with van der Waals surface area (Å²) in [7, 11) is 2.04. The molecular formula is C7H14N2O2. The van der Waals surface area contributed by atoms with Gasteiger partial charge in [-0.25, -0.2) is 0 Å². The van der Waals surface area contributed by atoms with E-state index in [9.17, 15) is 4.79 Å². The summed E-state index contributed by atoms with van der Waals surface area (Å²) < 4.78 is 0. The molecule has 1 aliphatic rings. The molecule has 11 heavy (non-hydrogen) atoms. The Morgan fingerprint density at radius 2 is 2.55 bits per heavy atom.